The lowest BCUT2D eigenvalue weighted by molar-refractivity contribution is -0.394. The lowest BCUT2D eigenvalue weighted by atomic mass is 9.40. The molecule has 9 fully saturated rings. The van der Waals surface area contributed by atoms with Crippen molar-refractivity contribution in [2.45, 2.75) is 284 Å². The van der Waals surface area contributed by atoms with Gasteiger partial charge in [-0.1, -0.05) is 51.0 Å². The Bertz CT molecular complexity index is 2660. The van der Waals surface area contributed by atoms with Crippen molar-refractivity contribution in [3.05, 3.63) is 23.3 Å². The van der Waals surface area contributed by atoms with Crippen LogP contribution >= 0.6 is 0 Å². The zero-order valence-corrected chi connectivity index (χ0v) is 53.5. The minimum atomic E-state index is -2.14. The van der Waals surface area contributed by atoms with E-state index in [0.717, 1.165) is 11.1 Å². The van der Waals surface area contributed by atoms with Crippen molar-refractivity contribution in [2.75, 3.05) is 33.5 Å². The third-order valence-electron chi connectivity index (χ3n) is 22.7. The molecule has 0 radical (unpaired) electrons. The average Bonchev–Trinajstić information content (AvgIpc) is 1.45. The molecule has 10 rings (SSSR count). The van der Waals surface area contributed by atoms with Crippen LogP contribution in [-0.4, -0.2) is 299 Å². The molecule has 526 valence electrons. The molecule has 34 unspecified atom stereocenters. The molecule has 6 saturated heterocycles. The molecule has 0 amide bonds. The predicted molar refractivity (Wildman–Crippen MR) is 307 cm³/mol. The lowest BCUT2D eigenvalue weighted by Gasteiger charge is -2.64. The van der Waals surface area contributed by atoms with Gasteiger partial charge in [-0.25, -0.2) is 0 Å². The largest absolute Gasteiger partial charge is 0.459 e. The van der Waals surface area contributed by atoms with Crippen LogP contribution in [0.25, 0.3) is 0 Å². The first kappa shape index (κ1) is 72.1. The molecular formula is C62H98O30. The van der Waals surface area contributed by atoms with Gasteiger partial charge in [-0.15, -0.1) is 0 Å². The number of hydrogen-bond acceptors (Lipinski definition) is 30. The second-order valence-corrected chi connectivity index (χ2v) is 28.6. The molecule has 15 N–H and O–H groups in total. The molecular weight excluding hydrogens is 1220 g/mol. The Labute approximate surface area is 532 Å². The Kier molecular flexibility index (Phi) is 21.1. The van der Waals surface area contributed by atoms with E-state index >= 15 is 0 Å². The smallest absolute Gasteiger partial charge is 0.319 e. The summed E-state index contributed by atoms with van der Waals surface area (Å²) < 4.78 is 78.1. The molecule has 4 aliphatic carbocycles. The van der Waals surface area contributed by atoms with Crippen LogP contribution in [0.15, 0.2) is 23.3 Å². The number of cyclic esters (lactones) is 1. The third kappa shape index (κ3) is 11.6. The molecule has 6 heterocycles. The van der Waals surface area contributed by atoms with Crippen molar-refractivity contribution in [3.63, 3.8) is 0 Å². The number of hydrogen-bond donors (Lipinski definition) is 15. The highest BCUT2D eigenvalue weighted by Crippen LogP contribution is 2.77. The molecule has 30 heteroatoms. The van der Waals surface area contributed by atoms with E-state index in [2.05, 4.69) is 6.92 Å². The van der Waals surface area contributed by atoms with E-state index in [9.17, 15) is 86.2 Å². The van der Waals surface area contributed by atoms with Gasteiger partial charge < -0.3 is 138 Å². The summed E-state index contributed by atoms with van der Waals surface area (Å²) in [6, 6.07) is 0. The van der Waals surface area contributed by atoms with Gasteiger partial charge in [0.25, 0.3) is 0 Å². The van der Waals surface area contributed by atoms with E-state index in [1.54, 1.807) is 13.0 Å². The molecule has 10 aliphatic rings. The van der Waals surface area contributed by atoms with Crippen LogP contribution in [0.1, 0.15) is 107 Å². The van der Waals surface area contributed by atoms with E-state index in [1.807, 2.05) is 40.7 Å². The number of fused-ring (bicyclic) bond motifs is 4. The molecule has 0 aromatic heterocycles. The number of ether oxygens (including phenoxy) is 13. The fourth-order valence-corrected chi connectivity index (χ4v) is 17.8. The van der Waals surface area contributed by atoms with Crippen molar-refractivity contribution in [1.82, 2.24) is 0 Å². The topological polar surface area (TPSA) is 458 Å². The fraction of sp³-hybridized carbons (Fsp3) is 0.903. The van der Waals surface area contributed by atoms with Crippen LogP contribution in [0.2, 0.25) is 0 Å². The van der Waals surface area contributed by atoms with Crippen molar-refractivity contribution in [2.24, 2.45) is 33.5 Å². The van der Waals surface area contributed by atoms with Gasteiger partial charge in [-0.2, -0.15) is 0 Å². The number of carbonyl (C=O) groups excluding carboxylic acids is 2. The maximum Gasteiger partial charge on any atom is 0.319 e. The number of aliphatic hydroxyl groups excluding tert-OH is 14. The second-order valence-electron chi connectivity index (χ2n) is 28.6. The Balaban J connectivity index is 0.893. The van der Waals surface area contributed by atoms with Gasteiger partial charge in [-0.05, 0) is 101 Å². The summed E-state index contributed by atoms with van der Waals surface area (Å²) >= 11 is 0. The van der Waals surface area contributed by atoms with Crippen LogP contribution in [0.4, 0.5) is 0 Å². The third-order valence-corrected chi connectivity index (χ3v) is 22.7. The van der Waals surface area contributed by atoms with Gasteiger partial charge in [-0.3, -0.25) is 9.59 Å². The molecule has 1 spiro atoms. The number of allylic oxidation sites excluding steroid dienone is 3. The zero-order chi connectivity index (χ0) is 67.4. The van der Waals surface area contributed by atoms with Gasteiger partial charge in [0.05, 0.1) is 44.7 Å². The maximum atomic E-state index is 14.9. The summed E-state index contributed by atoms with van der Waals surface area (Å²) in [5.74, 6) is -2.04. The minimum absolute atomic E-state index is 0.0580. The van der Waals surface area contributed by atoms with Gasteiger partial charge in [0, 0.05) is 14.0 Å². The van der Waals surface area contributed by atoms with Crippen LogP contribution in [0.5, 0.6) is 0 Å². The quantitative estimate of drug-likeness (QED) is 0.0354. The first-order valence-corrected chi connectivity index (χ1v) is 32.0. The number of carbonyl (C=O) groups is 2. The lowest BCUT2D eigenvalue weighted by Crippen LogP contribution is -2.70. The molecule has 0 aromatic rings. The summed E-state index contributed by atoms with van der Waals surface area (Å²) in [6.45, 7) is 13.3. The van der Waals surface area contributed by atoms with Crippen molar-refractivity contribution in [1.29, 1.82) is 0 Å². The van der Waals surface area contributed by atoms with Crippen LogP contribution in [-0.2, 0) is 71.2 Å². The van der Waals surface area contributed by atoms with Gasteiger partial charge >= 0.3 is 11.9 Å². The Hall–Kier alpha value is -2.62. The Morgan fingerprint density at radius 3 is 1.77 bits per heavy atom. The highest BCUT2D eigenvalue weighted by atomic mass is 16.8. The zero-order valence-electron chi connectivity index (χ0n) is 53.5. The van der Waals surface area contributed by atoms with E-state index in [0.29, 0.717) is 32.1 Å². The monoisotopic (exact) mass is 1320 g/mol. The summed E-state index contributed by atoms with van der Waals surface area (Å²) in [7, 11) is 1.18. The maximum absolute atomic E-state index is 14.9. The molecule has 3 saturated carbocycles. The number of esters is 2. The van der Waals surface area contributed by atoms with Crippen LogP contribution in [0.3, 0.4) is 0 Å². The molecule has 6 aliphatic heterocycles. The number of aliphatic hydroxyl groups is 15. The second kappa shape index (κ2) is 26.9. The molecule has 92 heavy (non-hydrogen) atoms. The van der Waals surface area contributed by atoms with Gasteiger partial charge in [0.1, 0.15) is 127 Å². The Morgan fingerprint density at radius 2 is 1.17 bits per heavy atom. The first-order valence-electron chi connectivity index (χ1n) is 32.0. The summed E-state index contributed by atoms with van der Waals surface area (Å²) in [5.41, 5.74) is -6.37. The molecule has 30 nitrogen and oxygen atoms in total. The van der Waals surface area contributed by atoms with Crippen LogP contribution < -0.4 is 0 Å². The average molecular weight is 1320 g/mol. The number of methoxy groups -OCH3 is 1. The van der Waals surface area contributed by atoms with E-state index in [-0.39, 0.29) is 18.8 Å². The highest BCUT2D eigenvalue weighted by Gasteiger charge is 2.89. The minimum Gasteiger partial charge on any atom is -0.459 e. The molecule has 0 aromatic carbocycles. The van der Waals surface area contributed by atoms with Crippen LogP contribution in [0, 0.1) is 33.5 Å². The van der Waals surface area contributed by atoms with Crippen molar-refractivity contribution in [3.8, 4) is 0 Å². The Morgan fingerprint density at radius 1 is 0.620 bits per heavy atom. The summed E-state index contributed by atoms with van der Waals surface area (Å²) in [6.07, 6.45) is -38.1. The van der Waals surface area contributed by atoms with E-state index < -0.39 is 243 Å². The van der Waals surface area contributed by atoms with Gasteiger partial charge in [0.2, 0.25) is 0 Å². The molecule has 0 bridgehead atoms. The van der Waals surface area contributed by atoms with Crippen molar-refractivity contribution < 1.29 is 148 Å². The van der Waals surface area contributed by atoms with E-state index in [4.69, 9.17) is 61.6 Å². The van der Waals surface area contributed by atoms with E-state index in [1.165, 1.54) is 21.0 Å². The number of rotatable bonds is 18. The highest BCUT2D eigenvalue weighted by molar-refractivity contribution is 5.87. The van der Waals surface area contributed by atoms with Crippen molar-refractivity contribution >= 4 is 11.9 Å². The first-order chi connectivity index (χ1) is 43.2. The normalized spacial score (nSPS) is 52.4. The fourth-order valence-electron chi connectivity index (χ4n) is 17.8. The molecule has 34 atom stereocenters. The summed E-state index contributed by atoms with van der Waals surface area (Å²) in [4.78, 5) is 27.8. The predicted octanol–water partition coefficient (Wildman–Crippen LogP) is -3.94. The summed E-state index contributed by atoms with van der Waals surface area (Å²) in [5, 5.41) is 169. The SMILES string of the molecule is COC1C(O)C(CO)OC(OC2C(O)C(CO)OC(OC3C(C)OC(OC4C(OC5CCC6(C)C7=CC(O)C89C(=O)OC(C)(CCC=C(C)C)C8(O)C(OC(C)=O)CC9(C)C7CCC6C5(C)C)OCC(OC5OC(CO)C(O)C(O)C5O)C4O)C(O)C3O)C2O)C1O. The standard InChI is InChI=1S/C62H98O30/c1-24(2)12-11-16-60(9)62(79)36(83-26(4)66)19-59(8)27-13-14-33-57(5,6)35(15-17-58(33,7)28(27)18-34(67)61(59,62)56(78)92-60)88-55-50(40(71)32(23-81-55)87-52-43(74)41(72)37(68)29(20-63)84-52)91-51-44(75)42(73)47(25(3)82-51)89-54-46(77)49(39(70)31(22-65)86-54)90-53-45(76)48(80-10)38(69)30(21-64)85-53/h12,18,25,27,29-55,63-65,67-77,79H,11,13-17,19-23H2,1-10H3. The van der Waals surface area contributed by atoms with Gasteiger partial charge in [0.15, 0.2) is 37.1 Å².